The summed E-state index contributed by atoms with van der Waals surface area (Å²) in [4.78, 5) is 0. The fourth-order valence-electron chi connectivity index (χ4n) is 1.07. The summed E-state index contributed by atoms with van der Waals surface area (Å²) in [5.41, 5.74) is 12.1. The molecule has 0 bridgehead atoms. The van der Waals surface area contributed by atoms with Crippen molar-refractivity contribution in [2.24, 2.45) is 0 Å². The number of nitrogen functional groups attached to an aromatic ring is 3. The van der Waals surface area contributed by atoms with Gasteiger partial charge in [0.15, 0.2) is 0 Å². The summed E-state index contributed by atoms with van der Waals surface area (Å²) in [6, 6.07) is 1.73. The predicted molar refractivity (Wildman–Crippen MR) is 43.2 cm³/mol. The van der Waals surface area contributed by atoms with Crippen LogP contribution < -0.4 is 17.3 Å². The van der Waals surface area contributed by atoms with E-state index in [-0.39, 0.29) is 0 Å². The number of rotatable bonds is 0. The van der Waals surface area contributed by atoms with Gasteiger partial charge in [0.25, 0.3) is 0 Å². The normalized spacial score (nSPS) is 10.9. The minimum atomic E-state index is 0.333. The third-order valence-electron chi connectivity index (χ3n) is 1.69. The van der Waals surface area contributed by atoms with Crippen LogP contribution in [0.2, 0.25) is 0 Å². The van der Waals surface area contributed by atoms with Crippen LogP contribution in [0.3, 0.4) is 0 Å². The van der Waals surface area contributed by atoms with Gasteiger partial charge in [-0.05, 0) is 6.07 Å². The first-order valence-corrected chi connectivity index (χ1v) is 3.09. The average molecular weight is 152 g/mol. The Morgan fingerprint density at radius 3 is 2.73 bits per heavy atom. The van der Waals surface area contributed by atoms with Gasteiger partial charge < -0.3 is 21.7 Å². The van der Waals surface area contributed by atoms with Gasteiger partial charge >= 0.3 is 0 Å². The van der Waals surface area contributed by atoms with Crippen LogP contribution in [-0.4, -0.2) is 4.68 Å². The Labute approximate surface area is 62.3 Å². The zero-order valence-electron chi connectivity index (χ0n) is 5.74. The quantitative estimate of drug-likeness (QED) is 0.467. The number of hydrogen-bond acceptors (Lipinski definition) is 4. The topological polar surface area (TPSA) is 96.1 Å². The zero-order valence-corrected chi connectivity index (χ0v) is 5.74. The van der Waals surface area contributed by atoms with Gasteiger partial charge in [-0.1, -0.05) is 0 Å². The Morgan fingerprint density at radius 2 is 2.09 bits per heavy atom. The smallest absolute Gasteiger partial charge is 0.228 e. The third-order valence-corrected chi connectivity index (χ3v) is 1.69. The molecule has 0 spiro atoms. The molecule has 0 amide bonds. The summed E-state index contributed by atoms with van der Waals surface area (Å²) in [6.45, 7) is 0. The molecule has 2 heterocycles. The molecule has 0 unspecified atom stereocenters. The van der Waals surface area contributed by atoms with Gasteiger partial charge in [-0.3, -0.25) is 0 Å². The Kier molecular flexibility index (Phi) is 0.883. The molecule has 5 heteroatoms. The van der Waals surface area contributed by atoms with Crippen molar-refractivity contribution >= 4 is 22.6 Å². The molecular weight excluding hydrogens is 144 g/mol. The summed E-state index contributed by atoms with van der Waals surface area (Å²) in [5, 5.41) is 0.755. The van der Waals surface area contributed by atoms with E-state index >= 15 is 0 Å². The highest BCUT2D eigenvalue weighted by Gasteiger charge is 2.11. The molecule has 2 aromatic rings. The molecular formula is C6H8N4O. The van der Waals surface area contributed by atoms with Crippen molar-refractivity contribution in [3.8, 4) is 0 Å². The zero-order chi connectivity index (χ0) is 8.01. The van der Waals surface area contributed by atoms with Crippen molar-refractivity contribution in [3.63, 3.8) is 0 Å². The first-order chi connectivity index (χ1) is 5.22. The maximum Gasteiger partial charge on any atom is 0.228 e. The summed E-state index contributed by atoms with van der Waals surface area (Å²) in [6.07, 6.45) is 1.52. The van der Waals surface area contributed by atoms with Crippen molar-refractivity contribution in [3.05, 3.63) is 12.3 Å². The van der Waals surface area contributed by atoms with Crippen molar-refractivity contribution in [2.45, 2.75) is 0 Å². The Balaban J connectivity index is 3.00. The largest absolute Gasteiger partial charge is 0.446 e. The molecule has 58 valence electrons. The molecule has 0 radical (unpaired) electrons. The molecule has 5 nitrogen and oxygen atoms in total. The second-order valence-electron chi connectivity index (χ2n) is 2.31. The molecule has 0 saturated heterocycles. The maximum absolute atomic E-state index is 5.60. The third kappa shape index (κ3) is 0.542. The summed E-state index contributed by atoms with van der Waals surface area (Å²) < 4.78 is 6.26. The fourth-order valence-corrected chi connectivity index (χ4v) is 1.07. The standard InChI is InChI=1S/C6H8N4O/c7-4-3-1-2-11-6(3)10(9)5(4)8/h1-2H,7-9H2. The van der Waals surface area contributed by atoms with Gasteiger partial charge in [0, 0.05) is 0 Å². The van der Waals surface area contributed by atoms with Gasteiger partial charge in [-0.2, -0.15) is 0 Å². The van der Waals surface area contributed by atoms with Crippen LogP contribution in [-0.2, 0) is 0 Å². The highest BCUT2D eigenvalue weighted by Crippen LogP contribution is 2.28. The molecule has 0 aliphatic rings. The van der Waals surface area contributed by atoms with Crippen LogP contribution >= 0.6 is 0 Å². The van der Waals surface area contributed by atoms with E-state index in [1.807, 2.05) is 0 Å². The molecule has 2 aromatic heterocycles. The SMILES string of the molecule is Nc1c(N)n(N)c2occc12. The number of anilines is 2. The van der Waals surface area contributed by atoms with Crippen molar-refractivity contribution in [1.29, 1.82) is 0 Å². The van der Waals surface area contributed by atoms with Crippen LogP contribution in [0.15, 0.2) is 16.7 Å². The van der Waals surface area contributed by atoms with E-state index in [0.717, 1.165) is 5.39 Å². The molecule has 6 N–H and O–H groups in total. The number of fused-ring (bicyclic) bond motifs is 1. The van der Waals surface area contributed by atoms with E-state index in [4.69, 9.17) is 21.7 Å². The van der Waals surface area contributed by atoms with E-state index in [0.29, 0.717) is 17.2 Å². The van der Waals surface area contributed by atoms with Crippen LogP contribution in [0.4, 0.5) is 11.5 Å². The van der Waals surface area contributed by atoms with Crippen molar-refractivity contribution in [2.75, 3.05) is 17.3 Å². The molecule has 0 atom stereocenters. The van der Waals surface area contributed by atoms with Gasteiger partial charge in [-0.15, -0.1) is 0 Å². The molecule has 0 fully saturated rings. The molecule has 0 aliphatic heterocycles. The number of hydrogen-bond donors (Lipinski definition) is 3. The summed E-state index contributed by atoms with van der Waals surface area (Å²) in [5.74, 6) is 5.83. The Morgan fingerprint density at radius 1 is 1.36 bits per heavy atom. The minimum absolute atomic E-state index is 0.333. The molecule has 11 heavy (non-hydrogen) atoms. The van der Waals surface area contributed by atoms with Crippen LogP contribution in [0.5, 0.6) is 0 Å². The van der Waals surface area contributed by atoms with E-state index in [1.54, 1.807) is 6.07 Å². The van der Waals surface area contributed by atoms with Gasteiger partial charge in [0.1, 0.15) is 5.82 Å². The first-order valence-electron chi connectivity index (χ1n) is 3.09. The Bertz CT molecular complexity index is 365. The molecule has 0 aromatic carbocycles. The lowest BCUT2D eigenvalue weighted by atomic mass is 10.3. The van der Waals surface area contributed by atoms with Crippen molar-refractivity contribution < 1.29 is 4.42 Å². The maximum atomic E-state index is 5.60. The second kappa shape index (κ2) is 1.63. The number of aromatic nitrogens is 1. The molecule has 0 saturated carbocycles. The van der Waals surface area contributed by atoms with Crippen LogP contribution in [0.25, 0.3) is 11.1 Å². The van der Waals surface area contributed by atoms with Gasteiger partial charge in [0.05, 0.1) is 17.3 Å². The highest BCUT2D eigenvalue weighted by molar-refractivity contribution is 5.95. The van der Waals surface area contributed by atoms with Crippen LogP contribution in [0, 0.1) is 0 Å². The fraction of sp³-hybridized carbons (Fsp3) is 0. The predicted octanol–water partition coefficient (Wildman–Crippen LogP) is 0.113. The van der Waals surface area contributed by atoms with E-state index in [1.165, 1.54) is 10.9 Å². The monoisotopic (exact) mass is 152 g/mol. The highest BCUT2D eigenvalue weighted by atomic mass is 16.3. The molecule has 0 aliphatic carbocycles. The first kappa shape index (κ1) is 5.96. The lowest BCUT2D eigenvalue weighted by Gasteiger charge is -1.94. The lowest BCUT2D eigenvalue weighted by Crippen LogP contribution is -2.11. The van der Waals surface area contributed by atoms with Crippen LogP contribution in [0.1, 0.15) is 0 Å². The number of furan rings is 1. The number of nitrogens with zero attached hydrogens (tertiary/aromatic N) is 1. The van der Waals surface area contributed by atoms with Gasteiger partial charge in [0.2, 0.25) is 5.71 Å². The minimum Gasteiger partial charge on any atom is -0.446 e. The molecule has 2 rings (SSSR count). The average Bonchev–Trinajstić information content (AvgIpc) is 2.53. The Hall–Kier alpha value is -1.78. The number of nitrogens with two attached hydrogens (primary N) is 3. The van der Waals surface area contributed by atoms with Gasteiger partial charge in [-0.25, -0.2) is 4.68 Å². The second-order valence-corrected chi connectivity index (χ2v) is 2.31. The van der Waals surface area contributed by atoms with E-state index < -0.39 is 0 Å². The van der Waals surface area contributed by atoms with E-state index in [2.05, 4.69) is 0 Å². The summed E-state index contributed by atoms with van der Waals surface area (Å²) in [7, 11) is 0. The lowest BCUT2D eigenvalue weighted by molar-refractivity contribution is 0.591. The summed E-state index contributed by atoms with van der Waals surface area (Å²) >= 11 is 0. The van der Waals surface area contributed by atoms with E-state index in [9.17, 15) is 0 Å². The van der Waals surface area contributed by atoms with Crippen molar-refractivity contribution in [1.82, 2.24) is 4.68 Å².